The lowest BCUT2D eigenvalue weighted by molar-refractivity contribution is 0.0697. The van der Waals surface area contributed by atoms with Crippen molar-refractivity contribution in [3.63, 3.8) is 0 Å². The second kappa shape index (κ2) is 8.25. The Morgan fingerprint density at radius 1 is 1.07 bits per heavy atom. The van der Waals surface area contributed by atoms with Crippen molar-refractivity contribution in [3.8, 4) is 5.69 Å². The van der Waals surface area contributed by atoms with Crippen LogP contribution in [-0.2, 0) is 0 Å². The van der Waals surface area contributed by atoms with E-state index in [0.717, 1.165) is 35.5 Å². The highest BCUT2D eigenvalue weighted by molar-refractivity contribution is 7.08. The lowest BCUT2D eigenvalue weighted by Gasteiger charge is -2.32. The summed E-state index contributed by atoms with van der Waals surface area (Å²) in [6.07, 6.45) is 1.55. The van der Waals surface area contributed by atoms with Crippen LogP contribution >= 0.6 is 11.3 Å². The third kappa shape index (κ3) is 3.98. The van der Waals surface area contributed by atoms with Gasteiger partial charge >= 0.3 is 0 Å². The van der Waals surface area contributed by atoms with Gasteiger partial charge in [0.15, 0.2) is 0 Å². The highest BCUT2D eigenvalue weighted by Gasteiger charge is 2.27. The molecule has 0 radical (unpaired) electrons. The van der Waals surface area contributed by atoms with Crippen molar-refractivity contribution in [2.45, 2.75) is 32.7 Å². The number of hydrogen-bond donors (Lipinski definition) is 1. The molecule has 3 aromatic rings. The van der Waals surface area contributed by atoms with Gasteiger partial charge in [-0.1, -0.05) is 18.2 Å². The zero-order chi connectivity index (χ0) is 20.4. The molecule has 0 spiro atoms. The van der Waals surface area contributed by atoms with Gasteiger partial charge in [0, 0.05) is 47.2 Å². The minimum Gasteiger partial charge on any atom is -0.349 e. The normalized spacial score (nSPS) is 14.8. The number of likely N-dealkylation sites (tertiary alicyclic amines) is 1. The van der Waals surface area contributed by atoms with E-state index in [0.29, 0.717) is 18.7 Å². The first-order valence-corrected chi connectivity index (χ1v) is 10.9. The van der Waals surface area contributed by atoms with Crippen molar-refractivity contribution < 1.29 is 9.59 Å². The molecular formula is C23H25N3O2S. The number of nitrogens with one attached hydrogen (secondary N) is 1. The molecule has 0 aliphatic carbocycles. The SMILES string of the molecule is Cc1cc(C(=O)N2CCC(NC(=O)c3ccsc3)CC2)c(C)n1-c1ccccc1. The number of amides is 2. The van der Waals surface area contributed by atoms with Crippen molar-refractivity contribution in [3.05, 3.63) is 75.7 Å². The average Bonchev–Trinajstić information content (AvgIpc) is 3.37. The highest BCUT2D eigenvalue weighted by atomic mass is 32.1. The molecule has 1 N–H and O–H groups in total. The number of piperidine rings is 1. The molecule has 1 aliphatic rings. The highest BCUT2D eigenvalue weighted by Crippen LogP contribution is 2.23. The molecule has 0 unspecified atom stereocenters. The first-order valence-electron chi connectivity index (χ1n) is 9.91. The monoisotopic (exact) mass is 407 g/mol. The minimum atomic E-state index is -0.0255. The minimum absolute atomic E-state index is 0.0255. The van der Waals surface area contributed by atoms with Crippen LogP contribution in [0.2, 0.25) is 0 Å². The van der Waals surface area contributed by atoms with Crippen molar-refractivity contribution >= 4 is 23.2 Å². The Labute approximate surface area is 175 Å². The van der Waals surface area contributed by atoms with Crippen LogP contribution in [0.1, 0.15) is 44.9 Å². The predicted molar refractivity (Wildman–Crippen MR) is 116 cm³/mol. The number of carbonyl (C=O) groups is 2. The van der Waals surface area contributed by atoms with Crippen molar-refractivity contribution in [1.82, 2.24) is 14.8 Å². The molecule has 29 heavy (non-hydrogen) atoms. The zero-order valence-corrected chi connectivity index (χ0v) is 17.5. The van der Waals surface area contributed by atoms with Gasteiger partial charge in [0.25, 0.3) is 11.8 Å². The lowest BCUT2D eigenvalue weighted by atomic mass is 10.0. The summed E-state index contributed by atoms with van der Waals surface area (Å²) in [6.45, 7) is 5.34. The van der Waals surface area contributed by atoms with E-state index in [4.69, 9.17) is 0 Å². The van der Waals surface area contributed by atoms with E-state index >= 15 is 0 Å². The summed E-state index contributed by atoms with van der Waals surface area (Å²) < 4.78 is 2.13. The number of carbonyl (C=O) groups excluding carboxylic acids is 2. The zero-order valence-electron chi connectivity index (χ0n) is 16.7. The molecule has 2 amide bonds. The van der Waals surface area contributed by atoms with Crippen LogP contribution in [0.5, 0.6) is 0 Å². The summed E-state index contributed by atoms with van der Waals surface area (Å²) in [7, 11) is 0. The van der Waals surface area contributed by atoms with Gasteiger partial charge in [-0.2, -0.15) is 11.3 Å². The number of nitrogens with zero attached hydrogens (tertiary/aromatic N) is 2. The summed E-state index contributed by atoms with van der Waals surface area (Å²) in [4.78, 5) is 27.3. The molecular weight excluding hydrogens is 382 g/mol. The molecule has 1 aromatic carbocycles. The Hall–Kier alpha value is -2.86. The topological polar surface area (TPSA) is 54.3 Å². The van der Waals surface area contributed by atoms with Crippen LogP contribution in [0.3, 0.4) is 0 Å². The van der Waals surface area contributed by atoms with Crippen LogP contribution in [-0.4, -0.2) is 40.4 Å². The van der Waals surface area contributed by atoms with Crippen molar-refractivity contribution in [1.29, 1.82) is 0 Å². The largest absolute Gasteiger partial charge is 0.349 e. The lowest BCUT2D eigenvalue weighted by Crippen LogP contribution is -2.46. The molecule has 0 saturated carbocycles. The average molecular weight is 408 g/mol. The fourth-order valence-corrected chi connectivity index (χ4v) is 4.65. The van der Waals surface area contributed by atoms with Gasteiger partial charge in [-0.25, -0.2) is 0 Å². The Morgan fingerprint density at radius 3 is 2.45 bits per heavy atom. The van der Waals surface area contributed by atoms with Gasteiger partial charge in [0.2, 0.25) is 0 Å². The maximum Gasteiger partial charge on any atom is 0.255 e. The summed E-state index contributed by atoms with van der Waals surface area (Å²) >= 11 is 1.52. The molecule has 2 aromatic heterocycles. The van der Waals surface area contributed by atoms with E-state index in [1.807, 2.05) is 59.8 Å². The molecule has 6 heteroatoms. The molecule has 3 heterocycles. The molecule has 0 atom stereocenters. The first-order chi connectivity index (χ1) is 14.0. The summed E-state index contributed by atoms with van der Waals surface area (Å²) in [5.41, 5.74) is 4.55. The predicted octanol–water partition coefficient (Wildman–Crippen LogP) is 4.19. The molecule has 0 bridgehead atoms. The van der Waals surface area contributed by atoms with E-state index in [1.165, 1.54) is 11.3 Å². The first kappa shape index (κ1) is 19.5. The van der Waals surface area contributed by atoms with Crippen LogP contribution in [0, 0.1) is 13.8 Å². The van der Waals surface area contributed by atoms with Crippen molar-refractivity contribution in [2.24, 2.45) is 0 Å². The van der Waals surface area contributed by atoms with Crippen molar-refractivity contribution in [2.75, 3.05) is 13.1 Å². The number of rotatable bonds is 4. The van der Waals surface area contributed by atoms with Gasteiger partial charge in [-0.15, -0.1) is 0 Å². The summed E-state index contributed by atoms with van der Waals surface area (Å²) in [6, 6.07) is 14.0. The summed E-state index contributed by atoms with van der Waals surface area (Å²) in [5.74, 6) is 0.0466. The van der Waals surface area contributed by atoms with Gasteiger partial charge in [-0.3, -0.25) is 9.59 Å². The number of thiophene rings is 1. The smallest absolute Gasteiger partial charge is 0.255 e. The van der Waals surface area contributed by atoms with Gasteiger partial charge in [0.05, 0.1) is 5.56 Å². The maximum absolute atomic E-state index is 13.2. The van der Waals surface area contributed by atoms with Gasteiger partial charge < -0.3 is 14.8 Å². The third-order valence-corrected chi connectivity index (χ3v) is 6.26. The Kier molecular flexibility index (Phi) is 5.53. The fraction of sp³-hybridized carbons (Fsp3) is 0.304. The molecule has 1 saturated heterocycles. The van der Waals surface area contributed by atoms with Crippen LogP contribution in [0.4, 0.5) is 0 Å². The van der Waals surface area contributed by atoms with E-state index in [1.54, 1.807) is 0 Å². The molecule has 5 nitrogen and oxygen atoms in total. The van der Waals surface area contributed by atoms with E-state index in [-0.39, 0.29) is 17.9 Å². The standard InChI is InChI=1S/C23H25N3O2S/c1-16-14-21(17(2)26(16)20-6-4-3-5-7-20)23(28)25-11-8-19(9-12-25)24-22(27)18-10-13-29-15-18/h3-7,10,13-15,19H,8-9,11-12H2,1-2H3,(H,24,27). The van der Waals surface area contributed by atoms with Gasteiger partial charge in [-0.05, 0) is 56.3 Å². The Balaban J connectivity index is 1.42. The summed E-state index contributed by atoms with van der Waals surface area (Å²) in [5, 5.41) is 6.85. The van der Waals surface area contributed by atoms with E-state index in [9.17, 15) is 9.59 Å². The number of aryl methyl sites for hydroxylation is 1. The maximum atomic E-state index is 13.2. The van der Waals surface area contributed by atoms with Crippen LogP contribution in [0.25, 0.3) is 5.69 Å². The molecule has 150 valence electrons. The number of aromatic nitrogens is 1. The molecule has 4 rings (SSSR count). The third-order valence-electron chi connectivity index (χ3n) is 5.58. The molecule has 1 aliphatic heterocycles. The number of para-hydroxylation sites is 1. The van der Waals surface area contributed by atoms with E-state index in [2.05, 4.69) is 22.0 Å². The van der Waals surface area contributed by atoms with Gasteiger partial charge in [0.1, 0.15) is 0 Å². The van der Waals surface area contributed by atoms with Crippen LogP contribution in [0.15, 0.2) is 53.2 Å². The van der Waals surface area contributed by atoms with Crippen LogP contribution < -0.4 is 5.32 Å². The second-order valence-corrected chi connectivity index (χ2v) is 8.29. The quantitative estimate of drug-likeness (QED) is 0.705. The fourth-order valence-electron chi connectivity index (χ4n) is 4.01. The number of hydrogen-bond acceptors (Lipinski definition) is 3. The Bertz CT molecular complexity index is 1000. The number of benzene rings is 1. The molecule has 1 fully saturated rings. The second-order valence-electron chi connectivity index (χ2n) is 7.51. The van der Waals surface area contributed by atoms with E-state index < -0.39 is 0 Å². The Morgan fingerprint density at radius 2 is 1.79 bits per heavy atom.